The zero-order chi connectivity index (χ0) is 15.0. The lowest BCUT2D eigenvalue weighted by Crippen LogP contribution is -2.40. The van der Waals surface area contributed by atoms with Gasteiger partial charge in [-0.1, -0.05) is 43.5 Å². The zero-order valence-electron chi connectivity index (χ0n) is 12.5. The molecule has 4 heteroatoms. The first-order valence-corrected chi connectivity index (χ1v) is 8.70. The van der Waals surface area contributed by atoms with Crippen molar-refractivity contribution in [1.82, 2.24) is 4.98 Å². The van der Waals surface area contributed by atoms with E-state index in [1.807, 2.05) is 18.2 Å². The van der Waals surface area contributed by atoms with Crippen molar-refractivity contribution in [2.24, 2.45) is 11.7 Å². The summed E-state index contributed by atoms with van der Waals surface area (Å²) >= 11 is 7.84. The standard InChI is InChI=1S/C17H21ClN2S/c1-11-5-4-8-17(19,10-11)16-20-15(12(2)21-16)13-6-3-7-14(18)9-13/h3,6-7,9,11H,4-5,8,10,19H2,1-2H3. The van der Waals surface area contributed by atoms with Crippen molar-refractivity contribution in [1.29, 1.82) is 0 Å². The summed E-state index contributed by atoms with van der Waals surface area (Å²) in [5.41, 5.74) is 8.54. The van der Waals surface area contributed by atoms with E-state index in [0.717, 1.165) is 34.1 Å². The van der Waals surface area contributed by atoms with E-state index in [1.165, 1.54) is 17.7 Å². The number of hydrogen-bond acceptors (Lipinski definition) is 3. The number of thiazole rings is 1. The Bertz CT molecular complexity index is 652. The van der Waals surface area contributed by atoms with Crippen molar-refractivity contribution in [3.05, 3.63) is 39.2 Å². The smallest absolute Gasteiger partial charge is 0.113 e. The number of nitrogens with zero attached hydrogens (tertiary/aromatic N) is 1. The number of hydrogen-bond donors (Lipinski definition) is 1. The third kappa shape index (κ3) is 3.01. The van der Waals surface area contributed by atoms with Gasteiger partial charge < -0.3 is 5.73 Å². The molecule has 1 aromatic heterocycles. The van der Waals surface area contributed by atoms with Crippen LogP contribution in [0.3, 0.4) is 0 Å². The first-order valence-electron chi connectivity index (χ1n) is 7.51. The van der Waals surface area contributed by atoms with Crippen molar-refractivity contribution in [3.63, 3.8) is 0 Å². The van der Waals surface area contributed by atoms with Crippen molar-refractivity contribution < 1.29 is 0 Å². The molecule has 2 unspecified atom stereocenters. The van der Waals surface area contributed by atoms with Crippen LogP contribution in [0.1, 0.15) is 42.5 Å². The van der Waals surface area contributed by atoms with Gasteiger partial charge in [0.25, 0.3) is 0 Å². The summed E-state index contributed by atoms with van der Waals surface area (Å²) in [6.45, 7) is 4.41. The number of halogens is 1. The van der Waals surface area contributed by atoms with Gasteiger partial charge in [-0.2, -0.15) is 0 Å². The monoisotopic (exact) mass is 320 g/mol. The number of rotatable bonds is 2. The molecule has 2 atom stereocenters. The molecule has 0 radical (unpaired) electrons. The molecule has 1 heterocycles. The molecule has 21 heavy (non-hydrogen) atoms. The largest absolute Gasteiger partial charge is 0.319 e. The summed E-state index contributed by atoms with van der Waals surface area (Å²) in [5, 5.41) is 1.83. The Morgan fingerprint density at radius 3 is 2.95 bits per heavy atom. The summed E-state index contributed by atoms with van der Waals surface area (Å²) in [5.74, 6) is 0.683. The quantitative estimate of drug-likeness (QED) is 0.832. The van der Waals surface area contributed by atoms with Gasteiger partial charge in [0.1, 0.15) is 5.01 Å². The first kappa shape index (κ1) is 15.0. The summed E-state index contributed by atoms with van der Waals surface area (Å²) in [6, 6.07) is 7.89. The van der Waals surface area contributed by atoms with Crippen LogP contribution in [0.4, 0.5) is 0 Å². The number of aryl methyl sites for hydroxylation is 1. The van der Waals surface area contributed by atoms with Crippen LogP contribution in [0.2, 0.25) is 5.02 Å². The summed E-state index contributed by atoms with van der Waals surface area (Å²) in [4.78, 5) is 6.10. The van der Waals surface area contributed by atoms with Crippen LogP contribution in [-0.4, -0.2) is 4.98 Å². The van der Waals surface area contributed by atoms with Crippen LogP contribution in [0.25, 0.3) is 11.3 Å². The van der Waals surface area contributed by atoms with E-state index in [4.69, 9.17) is 22.3 Å². The van der Waals surface area contributed by atoms with Crippen LogP contribution in [0.5, 0.6) is 0 Å². The second-order valence-corrected chi connectivity index (χ2v) is 7.93. The molecular formula is C17H21ClN2S. The molecule has 2 aromatic rings. The predicted octanol–water partition coefficient (Wildman–Crippen LogP) is 5.14. The van der Waals surface area contributed by atoms with E-state index in [-0.39, 0.29) is 5.54 Å². The van der Waals surface area contributed by atoms with E-state index >= 15 is 0 Å². The second kappa shape index (κ2) is 5.71. The lowest BCUT2D eigenvalue weighted by atomic mass is 9.77. The van der Waals surface area contributed by atoms with Gasteiger partial charge in [-0.3, -0.25) is 0 Å². The van der Waals surface area contributed by atoms with E-state index < -0.39 is 0 Å². The molecule has 0 spiro atoms. The molecule has 0 saturated heterocycles. The Hall–Kier alpha value is -0.900. The van der Waals surface area contributed by atoms with Gasteiger partial charge in [0.15, 0.2) is 0 Å². The number of benzene rings is 1. The molecule has 0 amide bonds. The Kier molecular flexibility index (Phi) is 4.08. The van der Waals surface area contributed by atoms with Gasteiger partial charge >= 0.3 is 0 Å². The zero-order valence-corrected chi connectivity index (χ0v) is 14.1. The minimum Gasteiger partial charge on any atom is -0.319 e. The third-order valence-corrected chi connectivity index (χ3v) is 5.78. The summed E-state index contributed by atoms with van der Waals surface area (Å²) in [6.07, 6.45) is 4.56. The van der Waals surface area contributed by atoms with Crippen LogP contribution in [-0.2, 0) is 5.54 Å². The summed E-state index contributed by atoms with van der Waals surface area (Å²) < 4.78 is 0. The topological polar surface area (TPSA) is 38.9 Å². The van der Waals surface area contributed by atoms with Gasteiger partial charge in [0, 0.05) is 15.5 Å². The number of aromatic nitrogens is 1. The van der Waals surface area contributed by atoms with Gasteiger partial charge in [-0.15, -0.1) is 11.3 Å². The van der Waals surface area contributed by atoms with Crippen LogP contribution in [0, 0.1) is 12.8 Å². The first-order chi connectivity index (χ1) is 9.98. The van der Waals surface area contributed by atoms with Crippen molar-refractivity contribution in [2.45, 2.75) is 45.1 Å². The van der Waals surface area contributed by atoms with Gasteiger partial charge in [-0.05, 0) is 37.8 Å². The van der Waals surface area contributed by atoms with E-state index in [9.17, 15) is 0 Å². The van der Waals surface area contributed by atoms with E-state index in [2.05, 4.69) is 19.9 Å². The molecular weight excluding hydrogens is 300 g/mol. The van der Waals surface area contributed by atoms with Crippen molar-refractivity contribution in [2.75, 3.05) is 0 Å². The maximum atomic E-state index is 6.68. The summed E-state index contributed by atoms with van der Waals surface area (Å²) in [7, 11) is 0. The Morgan fingerprint density at radius 1 is 1.43 bits per heavy atom. The molecule has 1 fully saturated rings. The average molecular weight is 321 g/mol. The fraction of sp³-hybridized carbons (Fsp3) is 0.471. The average Bonchev–Trinajstić information content (AvgIpc) is 2.81. The fourth-order valence-electron chi connectivity index (χ4n) is 3.30. The van der Waals surface area contributed by atoms with Crippen LogP contribution >= 0.6 is 22.9 Å². The van der Waals surface area contributed by atoms with E-state index in [0.29, 0.717) is 5.92 Å². The lowest BCUT2D eigenvalue weighted by Gasteiger charge is -2.35. The Balaban J connectivity index is 1.98. The predicted molar refractivity (Wildman–Crippen MR) is 90.8 cm³/mol. The minimum atomic E-state index is -0.246. The highest BCUT2D eigenvalue weighted by atomic mass is 35.5. The fourth-order valence-corrected chi connectivity index (χ4v) is 4.57. The molecule has 3 rings (SSSR count). The second-order valence-electron chi connectivity index (χ2n) is 6.29. The molecule has 1 aliphatic rings. The van der Waals surface area contributed by atoms with Gasteiger partial charge in [0.05, 0.1) is 11.2 Å². The highest BCUT2D eigenvalue weighted by Gasteiger charge is 2.35. The maximum absolute atomic E-state index is 6.68. The molecule has 2 N–H and O–H groups in total. The third-order valence-electron chi connectivity index (χ3n) is 4.35. The van der Waals surface area contributed by atoms with Crippen LogP contribution < -0.4 is 5.73 Å². The maximum Gasteiger partial charge on any atom is 0.113 e. The molecule has 1 aromatic carbocycles. The SMILES string of the molecule is Cc1sc(C2(N)CCCC(C)C2)nc1-c1cccc(Cl)c1. The molecule has 1 aliphatic carbocycles. The normalized spacial score (nSPS) is 26.0. The molecule has 112 valence electrons. The highest BCUT2D eigenvalue weighted by molar-refractivity contribution is 7.12. The minimum absolute atomic E-state index is 0.246. The highest BCUT2D eigenvalue weighted by Crippen LogP contribution is 2.41. The molecule has 1 saturated carbocycles. The molecule has 2 nitrogen and oxygen atoms in total. The Morgan fingerprint density at radius 2 is 2.24 bits per heavy atom. The van der Waals surface area contributed by atoms with Crippen molar-refractivity contribution >= 4 is 22.9 Å². The lowest BCUT2D eigenvalue weighted by molar-refractivity contribution is 0.238. The molecule has 0 bridgehead atoms. The number of nitrogens with two attached hydrogens (primary N) is 1. The van der Waals surface area contributed by atoms with Gasteiger partial charge in [-0.25, -0.2) is 4.98 Å². The van der Waals surface area contributed by atoms with Crippen molar-refractivity contribution in [3.8, 4) is 11.3 Å². The Labute approximate surface area is 135 Å². The van der Waals surface area contributed by atoms with Crippen LogP contribution in [0.15, 0.2) is 24.3 Å². The van der Waals surface area contributed by atoms with E-state index in [1.54, 1.807) is 11.3 Å². The van der Waals surface area contributed by atoms with Gasteiger partial charge in [0.2, 0.25) is 0 Å². The molecule has 0 aliphatic heterocycles.